The molecule has 134 valence electrons. The molecule has 1 aromatic carbocycles. The van der Waals surface area contributed by atoms with Crippen LogP contribution in [0.1, 0.15) is 32.3 Å². The van der Waals surface area contributed by atoms with Gasteiger partial charge in [-0.05, 0) is 62.9 Å². The van der Waals surface area contributed by atoms with Gasteiger partial charge in [-0.15, -0.1) is 0 Å². The Balaban J connectivity index is 1.79. The molecule has 0 aromatic heterocycles. The molecule has 2 rings (SSSR count). The third-order valence-corrected chi connectivity index (χ3v) is 4.50. The number of nitrogens with zero attached hydrogens (tertiary/aromatic N) is 2. The Labute approximate surface area is 145 Å². The molecule has 1 saturated heterocycles. The molecule has 24 heavy (non-hydrogen) atoms. The van der Waals surface area contributed by atoms with Crippen molar-refractivity contribution >= 4 is 5.96 Å². The van der Waals surface area contributed by atoms with E-state index in [0.717, 1.165) is 50.7 Å². The van der Waals surface area contributed by atoms with E-state index in [-0.39, 0.29) is 5.82 Å². The molecule has 0 saturated carbocycles. The topological polar surface area (TPSA) is 39.7 Å². The van der Waals surface area contributed by atoms with E-state index in [9.17, 15) is 4.39 Å². The van der Waals surface area contributed by atoms with Crippen molar-refractivity contribution in [1.29, 1.82) is 0 Å². The third-order valence-electron chi connectivity index (χ3n) is 4.50. The number of rotatable bonds is 7. The highest BCUT2D eigenvalue weighted by atomic mass is 19.1. The van der Waals surface area contributed by atoms with Gasteiger partial charge in [-0.25, -0.2) is 4.39 Å². The maximum Gasteiger partial charge on any atom is 0.191 e. The minimum absolute atomic E-state index is 0.175. The number of benzene rings is 1. The molecule has 1 fully saturated rings. The van der Waals surface area contributed by atoms with Gasteiger partial charge in [0.1, 0.15) is 5.82 Å². The van der Waals surface area contributed by atoms with Crippen LogP contribution in [-0.2, 0) is 6.42 Å². The summed E-state index contributed by atoms with van der Waals surface area (Å²) in [4.78, 5) is 7.26. The van der Waals surface area contributed by atoms with E-state index in [1.165, 1.54) is 25.5 Å². The highest BCUT2D eigenvalue weighted by Crippen LogP contribution is 2.16. The number of aliphatic imine (C=N–C) groups is 1. The summed E-state index contributed by atoms with van der Waals surface area (Å²) >= 11 is 0. The average molecular weight is 334 g/mol. The van der Waals surface area contributed by atoms with Crippen LogP contribution in [0.4, 0.5) is 4.39 Å². The van der Waals surface area contributed by atoms with Crippen LogP contribution in [0.15, 0.2) is 29.3 Å². The molecule has 4 nitrogen and oxygen atoms in total. The Morgan fingerprint density at radius 2 is 2.21 bits per heavy atom. The normalized spacial score (nSPS) is 19.3. The van der Waals surface area contributed by atoms with Gasteiger partial charge < -0.3 is 15.5 Å². The molecule has 0 amide bonds. The van der Waals surface area contributed by atoms with Crippen LogP contribution in [0, 0.1) is 11.7 Å². The molecule has 1 aromatic rings. The lowest BCUT2D eigenvalue weighted by molar-refractivity contribution is 0.186. The van der Waals surface area contributed by atoms with Gasteiger partial charge in [0.05, 0.1) is 0 Å². The third kappa shape index (κ3) is 6.48. The maximum absolute atomic E-state index is 13.2. The predicted molar refractivity (Wildman–Crippen MR) is 98.9 cm³/mol. The van der Waals surface area contributed by atoms with E-state index in [1.807, 2.05) is 6.07 Å². The summed E-state index contributed by atoms with van der Waals surface area (Å²) in [6, 6.07) is 6.78. The molecular weight excluding hydrogens is 303 g/mol. The van der Waals surface area contributed by atoms with Crippen LogP contribution in [0.2, 0.25) is 0 Å². The van der Waals surface area contributed by atoms with Crippen LogP contribution in [0.25, 0.3) is 0 Å². The Morgan fingerprint density at radius 3 is 2.96 bits per heavy atom. The highest BCUT2D eigenvalue weighted by molar-refractivity contribution is 5.79. The summed E-state index contributed by atoms with van der Waals surface area (Å²) in [7, 11) is 0. The minimum Gasteiger partial charge on any atom is -0.357 e. The number of likely N-dealkylation sites (tertiary alicyclic amines) is 1. The molecule has 2 N–H and O–H groups in total. The van der Waals surface area contributed by atoms with Crippen molar-refractivity contribution in [3.63, 3.8) is 0 Å². The van der Waals surface area contributed by atoms with Crippen molar-refractivity contribution in [2.24, 2.45) is 10.9 Å². The highest BCUT2D eigenvalue weighted by Gasteiger charge is 2.18. The Bertz CT molecular complexity index is 518. The summed E-state index contributed by atoms with van der Waals surface area (Å²) < 4.78 is 13.2. The number of halogens is 1. The van der Waals surface area contributed by atoms with Crippen LogP contribution in [-0.4, -0.2) is 50.1 Å². The molecule has 0 bridgehead atoms. The fourth-order valence-corrected chi connectivity index (χ4v) is 3.17. The number of hydrogen-bond acceptors (Lipinski definition) is 2. The molecule has 0 spiro atoms. The van der Waals surface area contributed by atoms with E-state index in [4.69, 9.17) is 4.99 Å². The standard InChI is InChI=1S/C19H31FN4/c1-3-21-19(22-11-10-16-7-5-9-18(20)13-16)23-14-17-8-6-12-24(4-2)15-17/h5,7,9,13,17H,3-4,6,8,10-12,14-15H2,1-2H3,(H2,21,22,23). The van der Waals surface area contributed by atoms with Crippen molar-refractivity contribution in [3.8, 4) is 0 Å². The molecule has 1 aliphatic heterocycles. The van der Waals surface area contributed by atoms with E-state index < -0.39 is 0 Å². The summed E-state index contributed by atoms with van der Waals surface area (Å²) in [5.74, 6) is 1.34. The van der Waals surface area contributed by atoms with Gasteiger partial charge >= 0.3 is 0 Å². The van der Waals surface area contributed by atoms with Crippen molar-refractivity contribution in [3.05, 3.63) is 35.6 Å². The zero-order valence-corrected chi connectivity index (χ0v) is 15.0. The first-order chi connectivity index (χ1) is 11.7. The smallest absolute Gasteiger partial charge is 0.191 e. The molecule has 1 heterocycles. The number of guanidine groups is 1. The Hall–Kier alpha value is -1.62. The fourth-order valence-electron chi connectivity index (χ4n) is 3.17. The van der Waals surface area contributed by atoms with Crippen LogP contribution >= 0.6 is 0 Å². The SMILES string of the molecule is CCNC(=NCC1CCCN(CC)C1)NCCc1cccc(F)c1. The fraction of sp³-hybridized carbons (Fsp3) is 0.632. The lowest BCUT2D eigenvalue weighted by Gasteiger charge is -2.31. The zero-order valence-electron chi connectivity index (χ0n) is 15.0. The van der Waals surface area contributed by atoms with Crippen molar-refractivity contribution in [1.82, 2.24) is 15.5 Å². The van der Waals surface area contributed by atoms with Gasteiger partial charge in [0.25, 0.3) is 0 Å². The second kappa shape index (κ2) is 10.3. The first-order valence-corrected chi connectivity index (χ1v) is 9.20. The number of hydrogen-bond donors (Lipinski definition) is 2. The minimum atomic E-state index is -0.175. The summed E-state index contributed by atoms with van der Waals surface area (Å²) in [5.41, 5.74) is 1.00. The number of nitrogens with one attached hydrogen (secondary N) is 2. The molecule has 5 heteroatoms. The van der Waals surface area contributed by atoms with E-state index in [2.05, 4.69) is 29.4 Å². The monoisotopic (exact) mass is 334 g/mol. The predicted octanol–water partition coefficient (Wildman–Crippen LogP) is 2.66. The molecule has 1 unspecified atom stereocenters. The largest absolute Gasteiger partial charge is 0.357 e. The van der Waals surface area contributed by atoms with Crippen LogP contribution in [0.5, 0.6) is 0 Å². The first kappa shape index (κ1) is 18.7. The van der Waals surface area contributed by atoms with Gasteiger partial charge in [-0.1, -0.05) is 19.1 Å². The summed E-state index contributed by atoms with van der Waals surface area (Å²) in [6.45, 7) is 10.3. The Kier molecular flexibility index (Phi) is 8.02. The first-order valence-electron chi connectivity index (χ1n) is 9.20. The summed E-state index contributed by atoms with van der Waals surface area (Å²) in [6.07, 6.45) is 3.33. The van der Waals surface area contributed by atoms with Crippen molar-refractivity contribution in [2.45, 2.75) is 33.1 Å². The van der Waals surface area contributed by atoms with Crippen LogP contribution in [0.3, 0.4) is 0 Å². The van der Waals surface area contributed by atoms with Gasteiger partial charge in [0, 0.05) is 26.2 Å². The van der Waals surface area contributed by atoms with Gasteiger partial charge in [0.2, 0.25) is 0 Å². The van der Waals surface area contributed by atoms with Gasteiger partial charge in [-0.2, -0.15) is 0 Å². The van der Waals surface area contributed by atoms with Crippen LogP contribution < -0.4 is 10.6 Å². The number of piperidine rings is 1. The molecule has 1 atom stereocenters. The quantitative estimate of drug-likeness (QED) is 0.595. The average Bonchev–Trinajstić information content (AvgIpc) is 2.60. The molecule has 1 aliphatic rings. The zero-order chi connectivity index (χ0) is 17.2. The van der Waals surface area contributed by atoms with E-state index >= 15 is 0 Å². The second-order valence-electron chi connectivity index (χ2n) is 6.43. The van der Waals surface area contributed by atoms with Crippen molar-refractivity contribution < 1.29 is 4.39 Å². The summed E-state index contributed by atoms with van der Waals surface area (Å²) in [5, 5.41) is 6.65. The lowest BCUT2D eigenvalue weighted by atomic mass is 9.98. The molecule has 0 aliphatic carbocycles. The maximum atomic E-state index is 13.2. The van der Waals surface area contributed by atoms with Gasteiger partial charge in [-0.3, -0.25) is 4.99 Å². The molecular formula is C19H31FN4. The molecule has 0 radical (unpaired) electrons. The second-order valence-corrected chi connectivity index (χ2v) is 6.43. The lowest BCUT2D eigenvalue weighted by Crippen LogP contribution is -2.40. The van der Waals surface area contributed by atoms with Crippen molar-refractivity contribution in [2.75, 3.05) is 39.3 Å². The van der Waals surface area contributed by atoms with E-state index in [1.54, 1.807) is 12.1 Å². The van der Waals surface area contributed by atoms with E-state index in [0.29, 0.717) is 5.92 Å². The Morgan fingerprint density at radius 1 is 1.33 bits per heavy atom. The van der Waals surface area contributed by atoms with Gasteiger partial charge in [0.15, 0.2) is 5.96 Å².